The molecule has 0 aliphatic carbocycles. The molecule has 2 heterocycles. The number of thiophene rings is 1. The van der Waals surface area contributed by atoms with E-state index in [0.717, 1.165) is 29.7 Å². The van der Waals surface area contributed by atoms with Crippen LogP contribution in [-0.4, -0.2) is 31.8 Å². The molecule has 7 nitrogen and oxygen atoms in total. The summed E-state index contributed by atoms with van der Waals surface area (Å²) in [7, 11) is 0. The maximum Gasteiger partial charge on any atom is 0.303 e. The number of carbonyl (C=O) groups is 2. The molecule has 0 fully saturated rings. The zero-order valence-corrected chi connectivity index (χ0v) is 22.1. The van der Waals surface area contributed by atoms with Crippen molar-refractivity contribution in [3.8, 4) is 0 Å². The van der Waals surface area contributed by atoms with Crippen molar-refractivity contribution in [2.24, 2.45) is 0 Å². The first-order chi connectivity index (χ1) is 16.9. The van der Waals surface area contributed by atoms with Crippen LogP contribution in [0.25, 0.3) is 10.2 Å². The van der Waals surface area contributed by atoms with E-state index in [9.17, 15) is 14.4 Å². The fourth-order valence-electron chi connectivity index (χ4n) is 3.99. The van der Waals surface area contributed by atoms with E-state index in [0.29, 0.717) is 47.6 Å². The van der Waals surface area contributed by atoms with Crippen LogP contribution in [0.15, 0.2) is 39.6 Å². The molecule has 1 amide bonds. The molecule has 3 aromatic rings. The third kappa shape index (κ3) is 6.73. The molecule has 188 valence electrons. The third-order valence-electron chi connectivity index (χ3n) is 5.96. The van der Waals surface area contributed by atoms with Crippen LogP contribution < -0.4 is 10.9 Å². The summed E-state index contributed by atoms with van der Waals surface area (Å²) in [5.74, 6) is -0.909. The number of unbranched alkanes of at least 4 members (excludes halogenated alkanes) is 2. The van der Waals surface area contributed by atoms with Gasteiger partial charge in [0.05, 0.1) is 10.8 Å². The molecule has 0 saturated heterocycles. The minimum atomic E-state index is -0.812. The van der Waals surface area contributed by atoms with Crippen LogP contribution >= 0.6 is 23.1 Å². The summed E-state index contributed by atoms with van der Waals surface area (Å²) in [6.07, 6.45) is 4.30. The number of thioether (sulfide) groups is 1. The van der Waals surface area contributed by atoms with E-state index >= 15 is 0 Å². The minimum Gasteiger partial charge on any atom is -0.481 e. The Morgan fingerprint density at radius 1 is 1.11 bits per heavy atom. The Morgan fingerprint density at radius 3 is 2.46 bits per heavy atom. The smallest absolute Gasteiger partial charge is 0.303 e. The first-order valence-electron chi connectivity index (χ1n) is 12.2. The van der Waals surface area contributed by atoms with E-state index in [2.05, 4.69) is 19.2 Å². The molecule has 35 heavy (non-hydrogen) atoms. The van der Waals surface area contributed by atoms with Gasteiger partial charge in [-0.05, 0) is 54.7 Å². The summed E-state index contributed by atoms with van der Waals surface area (Å²) in [5, 5.41) is 14.0. The lowest BCUT2D eigenvalue weighted by molar-refractivity contribution is -0.137. The Kier molecular flexibility index (Phi) is 9.92. The van der Waals surface area contributed by atoms with Crippen molar-refractivity contribution in [2.75, 3.05) is 5.32 Å². The van der Waals surface area contributed by atoms with E-state index in [1.807, 2.05) is 36.6 Å². The van der Waals surface area contributed by atoms with E-state index in [1.165, 1.54) is 23.1 Å². The molecule has 0 saturated carbocycles. The summed E-state index contributed by atoms with van der Waals surface area (Å²) >= 11 is 2.68. The number of anilines is 1. The molecule has 0 aliphatic heterocycles. The number of carboxylic acids is 1. The van der Waals surface area contributed by atoms with Gasteiger partial charge in [0.25, 0.3) is 5.56 Å². The van der Waals surface area contributed by atoms with Gasteiger partial charge in [0.15, 0.2) is 5.16 Å². The molecule has 2 aromatic heterocycles. The van der Waals surface area contributed by atoms with Crippen LogP contribution in [0.4, 0.5) is 5.69 Å². The van der Waals surface area contributed by atoms with E-state index in [1.54, 1.807) is 4.57 Å². The maximum atomic E-state index is 13.4. The summed E-state index contributed by atoms with van der Waals surface area (Å²) in [6.45, 7) is 6.55. The average molecular weight is 516 g/mol. The second kappa shape index (κ2) is 12.9. The number of aryl methyl sites for hydroxylation is 2. The number of nitrogens with zero attached hydrogens (tertiary/aromatic N) is 2. The van der Waals surface area contributed by atoms with Crippen molar-refractivity contribution in [3.63, 3.8) is 0 Å². The number of hydrogen-bond donors (Lipinski definition) is 2. The molecule has 1 aromatic carbocycles. The second-order valence-electron chi connectivity index (χ2n) is 8.35. The first kappa shape index (κ1) is 26.9. The number of para-hydroxylation sites is 1. The van der Waals surface area contributed by atoms with Crippen LogP contribution in [0.3, 0.4) is 0 Å². The molecule has 2 N–H and O–H groups in total. The molecule has 1 atom stereocenters. The normalized spacial score (nSPS) is 12.1. The number of fused-ring (bicyclic) bond motifs is 1. The Balaban J connectivity index is 1.84. The summed E-state index contributed by atoms with van der Waals surface area (Å²) in [4.78, 5) is 42.1. The molecule has 0 bridgehead atoms. The Hall–Kier alpha value is -2.65. The zero-order valence-electron chi connectivity index (χ0n) is 20.5. The molecule has 0 spiro atoms. The second-order valence-corrected chi connectivity index (χ2v) is 10.4. The highest BCUT2D eigenvalue weighted by atomic mass is 32.2. The maximum absolute atomic E-state index is 13.4. The van der Waals surface area contributed by atoms with Gasteiger partial charge < -0.3 is 10.4 Å². The van der Waals surface area contributed by atoms with Crippen LogP contribution in [0, 0.1) is 0 Å². The van der Waals surface area contributed by atoms with Crippen molar-refractivity contribution in [2.45, 2.75) is 82.7 Å². The number of benzene rings is 1. The predicted molar refractivity (Wildman–Crippen MR) is 144 cm³/mol. The SMILES string of the molecule is CCc1cccc(CC)c1NC(=O)[C@H](CC)Sc1nc2ccsc2c(=O)n1CCCCCC(=O)O. The Bertz CT molecular complexity index is 1210. The number of nitrogens with one attached hydrogen (secondary N) is 1. The monoisotopic (exact) mass is 515 g/mol. The van der Waals surface area contributed by atoms with E-state index in [4.69, 9.17) is 10.1 Å². The van der Waals surface area contributed by atoms with Crippen LogP contribution in [0.1, 0.15) is 64.0 Å². The number of hydrogen-bond acceptors (Lipinski definition) is 6. The van der Waals surface area contributed by atoms with Gasteiger partial charge in [0.1, 0.15) is 4.70 Å². The highest BCUT2D eigenvalue weighted by molar-refractivity contribution is 8.00. The van der Waals surface area contributed by atoms with Gasteiger partial charge in [0, 0.05) is 18.7 Å². The predicted octanol–water partition coefficient (Wildman–Crippen LogP) is 5.74. The molecule has 0 radical (unpaired) electrons. The van der Waals surface area contributed by atoms with Crippen molar-refractivity contribution in [1.82, 2.24) is 9.55 Å². The van der Waals surface area contributed by atoms with Gasteiger partial charge in [-0.1, -0.05) is 57.2 Å². The minimum absolute atomic E-state index is 0.0965. The fraction of sp³-hybridized carbons (Fsp3) is 0.462. The van der Waals surface area contributed by atoms with E-state index < -0.39 is 11.2 Å². The number of rotatable bonds is 13. The van der Waals surface area contributed by atoms with Crippen molar-refractivity contribution >= 4 is 50.9 Å². The lowest BCUT2D eigenvalue weighted by Crippen LogP contribution is -2.28. The molecular formula is C26H33N3O4S2. The van der Waals surface area contributed by atoms with Crippen LogP contribution in [0.2, 0.25) is 0 Å². The molecule has 0 unspecified atom stereocenters. The van der Waals surface area contributed by atoms with Gasteiger partial charge in [0.2, 0.25) is 5.91 Å². The summed E-state index contributed by atoms with van der Waals surface area (Å²) < 4.78 is 2.25. The van der Waals surface area contributed by atoms with Gasteiger partial charge in [-0.25, -0.2) is 4.98 Å². The number of amides is 1. The standard InChI is InChI=1S/C26H33N3O4S2/c1-4-17-11-10-12-18(5-2)22(17)28-24(32)20(6-3)35-26-27-19-14-16-34-23(19)25(33)29(26)15-9-7-8-13-21(30)31/h10-12,14,16,20H,4-9,13,15H2,1-3H3,(H,28,32)(H,30,31)/t20-/m0/s1. The summed E-state index contributed by atoms with van der Waals surface area (Å²) in [5.41, 5.74) is 3.64. The van der Waals surface area contributed by atoms with Gasteiger partial charge >= 0.3 is 5.97 Å². The van der Waals surface area contributed by atoms with Gasteiger partial charge in [-0.2, -0.15) is 0 Å². The molecule has 3 rings (SSSR count). The number of carbonyl (C=O) groups excluding carboxylic acids is 1. The highest BCUT2D eigenvalue weighted by Crippen LogP contribution is 2.29. The highest BCUT2D eigenvalue weighted by Gasteiger charge is 2.23. The van der Waals surface area contributed by atoms with Crippen molar-refractivity contribution in [3.05, 3.63) is 51.1 Å². The fourth-order valence-corrected chi connectivity index (χ4v) is 5.81. The molecule has 9 heteroatoms. The zero-order chi connectivity index (χ0) is 25.4. The quantitative estimate of drug-likeness (QED) is 0.171. The van der Waals surface area contributed by atoms with Crippen LogP contribution in [0.5, 0.6) is 0 Å². The number of aliphatic carboxylic acids is 1. The number of aromatic nitrogens is 2. The Labute approximate surface area is 214 Å². The lowest BCUT2D eigenvalue weighted by Gasteiger charge is -2.20. The van der Waals surface area contributed by atoms with Crippen LogP contribution in [-0.2, 0) is 29.0 Å². The topological polar surface area (TPSA) is 101 Å². The van der Waals surface area contributed by atoms with E-state index in [-0.39, 0.29) is 17.9 Å². The lowest BCUT2D eigenvalue weighted by atomic mass is 10.0. The van der Waals surface area contributed by atoms with Crippen molar-refractivity contribution in [1.29, 1.82) is 0 Å². The van der Waals surface area contributed by atoms with Gasteiger partial charge in [-0.15, -0.1) is 11.3 Å². The first-order valence-corrected chi connectivity index (χ1v) is 13.9. The third-order valence-corrected chi connectivity index (χ3v) is 8.21. The Morgan fingerprint density at radius 2 is 1.83 bits per heavy atom. The van der Waals surface area contributed by atoms with Crippen molar-refractivity contribution < 1.29 is 14.7 Å². The molecule has 0 aliphatic rings. The largest absolute Gasteiger partial charge is 0.481 e. The molecular weight excluding hydrogens is 482 g/mol. The summed E-state index contributed by atoms with van der Waals surface area (Å²) in [6, 6.07) is 7.93. The number of carboxylic acid groups (broad SMARTS) is 1. The average Bonchev–Trinajstić information content (AvgIpc) is 3.32. The van der Waals surface area contributed by atoms with Gasteiger partial charge in [-0.3, -0.25) is 19.0 Å².